The van der Waals surface area contributed by atoms with E-state index in [1.807, 2.05) is 26.0 Å². The first-order chi connectivity index (χ1) is 5.76. The van der Waals surface area contributed by atoms with Crippen molar-refractivity contribution in [2.75, 3.05) is 6.54 Å². The predicted octanol–water partition coefficient (Wildman–Crippen LogP) is 1.26. The minimum Gasteiger partial charge on any atom is -0.397 e. The van der Waals surface area contributed by atoms with Crippen molar-refractivity contribution in [1.29, 1.82) is 5.26 Å². The maximum absolute atomic E-state index is 8.29. The third-order valence-corrected chi connectivity index (χ3v) is 1.46. The quantitative estimate of drug-likeness (QED) is 0.487. The van der Waals surface area contributed by atoms with Gasteiger partial charge in [-0.05, 0) is 13.8 Å². The summed E-state index contributed by atoms with van der Waals surface area (Å²) in [6, 6.07) is 2.05. The van der Waals surface area contributed by atoms with Gasteiger partial charge in [0.25, 0.3) is 0 Å². The SMILES string of the molecule is C/C=C(N)\C(=C/C)NCCC#N. The number of rotatable bonds is 4. The molecular weight excluding hydrogens is 150 g/mol. The third-order valence-electron chi connectivity index (χ3n) is 1.46. The predicted molar refractivity (Wildman–Crippen MR) is 49.9 cm³/mol. The molecule has 12 heavy (non-hydrogen) atoms. The van der Waals surface area contributed by atoms with E-state index in [1.165, 1.54) is 0 Å². The molecule has 66 valence electrons. The first kappa shape index (κ1) is 10.6. The first-order valence-electron chi connectivity index (χ1n) is 3.95. The molecule has 0 rings (SSSR count). The van der Waals surface area contributed by atoms with Crippen LogP contribution in [0.2, 0.25) is 0 Å². The molecule has 0 radical (unpaired) electrons. The van der Waals surface area contributed by atoms with Gasteiger partial charge in [0.1, 0.15) is 0 Å². The van der Waals surface area contributed by atoms with Crippen molar-refractivity contribution in [3.8, 4) is 6.07 Å². The summed E-state index contributed by atoms with van der Waals surface area (Å²) in [5.74, 6) is 0. The second-order valence-corrected chi connectivity index (χ2v) is 2.28. The van der Waals surface area contributed by atoms with Gasteiger partial charge in [0, 0.05) is 6.54 Å². The Morgan fingerprint density at radius 1 is 1.50 bits per heavy atom. The van der Waals surface area contributed by atoms with Crippen molar-refractivity contribution in [3.05, 3.63) is 23.5 Å². The van der Waals surface area contributed by atoms with Gasteiger partial charge in [-0.15, -0.1) is 0 Å². The van der Waals surface area contributed by atoms with Crippen molar-refractivity contribution < 1.29 is 0 Å². The molecule has 0 fully saturated rings. The number of nitriles is 1. The highest BCUT2D eigenvalue weighted by atomic mass is 14.9. The number of hydrogen-bond donors (Lipinski definition) is 2. The number of nitrogens with two attached hydrogens (primary N) is 1. The van der Waals surface area contributed by atoms with Crippen molar-refractivity contribution >= 4 is 0 Å². The maximum atomic E-state index is 8.29. The van der Waals surface area contributed by atoms with Crippen LogP contribution < -0.4 is 11.1 Å². The van der Waals surface area contributed by atoms with E-state index in [-0.39, 0.29) is 0 Å². The van der Waals surface area contributed by atoms with Crippen LogP contribution in [-0.4, -0.2) is 6.54 Å². The van der Waals surface area contributed by atoms with Crippen molar-refractivity contribution in [3.63, 3.8) is 0 Å². The Balaban J connectivity index is 3.96. The third kappa shape index (κ3) is 3.67. The minimum atomic E-state index is 0.494. The lowest BCUT2D eigenvalue weighted by Gasteiger charge is -2.08. The van der Waals surface area contributed by atoms with E-state index in [0.717, 1.165) is 11.4 Å². The highest BCUT2D eigenvalue weighted by molar-refractivity contribution is 5.25. The van der Waals surface area contributed by atoms with Gasteiger partial charge in [-0.1, -0.05) is 12.2 Å². The Kier molecular flexibility index (Phi) is 5.54. The van der Waals surface area contributed by atoms with Gasteiger partial charge >= 0.3 is 0 Å². The minimum absolute atomic E-state index is 0.494. The molecule has 0 heterocycles. The van der Waals surface area contributed by atoms with Crippen LogP contribution in [0.5, 0.6) is 0 Å². The molecule has 0 saturated carbocycles. The summed E-state index contributed by atoms with van der Waals surface area (Å²) in [5, 5.41) is 11.4. The number of nitrogens with one attached hydrogen (secondary N) is 1. The summed E-state index contributed by atoms with van der Waals surface area (Å²) in [6.07, 6.45) is 4.22. The van der Waals surface area contributed by atoms with E-state index in [1.54, 1.807) is 0 Å². The molecule has 0 aliphatic carbocycles. The van der Waals surface area contributed by atoms with Gasteiger partial charge in [-0.2, -0.15) is 5.26 Å². The summed E-state index contributed by atoms with van der Waals surface area (Å²) in [6.45, 7) is 4.43. The molecule has 0 aliphatic rings. The number of allylic oxidation sites excluding steroid dienone is 2. The van der Waals surface area contributed by atoms with Crippen LogP contribution in [0.1, 0.15) is 20.3 Å². The monoisotopic (exact) mass is 165 g/mol. The molecular formula is C9H15N3. The van der Waals surface area contributed by atoms with Crippen molar-refractivity contribution in [1.82, 2.24) is 5.32 Å². The summed E-state index contributed by atoms with van der Waals surface area (Å²) < 4.78 is 0. The Labute approximate surface area is 73.6 Å². The molecule has 0 spiro atoms. The van der Waals surface area contributed by atoms with E-state index >= 15 is 0 Å². The number of hydrogen-bond acceptors (Lipinski definition) is 3. The lowest BCUT2D eigenvalue weighted by Crippen LogP contribution is -2.19. The Hall–Kier alpha value is -1.43. The largest absolute Gasteiger partial charge is 0.397 e. The van der Waals surface area contributed by atoms with Crippen molar-refractivity contribution in [2.45, 2.75) is 20.3 Å². The summed E-state index contributed by atoms with van der Waals surface area (Å²) in [4.78, 5) is 0. The molecule has 0 aromatic rings. The van der Waals surface area contributed by atoms with Crippen LogP contribution in [0.3, 0.4) is 0 Å². The highest BCUT2D eigenvalue weighted by Gasteiger charge is 1.95. The highest BCUT2D eigenvalue weighted by Crippen LogP contribution is 1.98. The van der Waals surface area contributed by atoms with Gasteiger partial charge < -0.3 is 11.1 Å². The fourth-order valence-electron chi connectivity index (χ4n) is 0.779. The lowest BCUT2D eigenvalue weighted by molar-refractivity contribution is 0.809. The molecule has 0 saturated heterocycles. The Bertz CT molecular complexity index is 220. The van der Waals surface area contributed by atoms with Gasteiger partial charge in [-0.3, -0.25) is 0 Å². The molecule has 3 nitrogen and oxygen atoms in total. The van der Waals surface area contributed by atoms with Gasteiger partial charge in [0.15, 0.2) is 0 Å². The summed E-state index contributed by atoms with van der Waals surface area (Å²) >= 11 is 0. The first-order valence-corrected chi connectivity index (χ1v) is 3.95. The summed E-state index contributed by atoms with van der Waals surface area (Å²) in [5.41, 5.74) is 7.27. The molecule has 0 aromatic heterocycles. The van der Waals surface area contributed by atoms with E-state index in [2.05, 4.69) is 11.4 Å². The second kappa shape index (κ2) is 6.29. The van der Waals surface area contributed by atoms with Crippen LogP contribution in [-0.2, 0) is 0 Å². The van der Waals surface area contributed by atoms with Crippen LogP contribution in [0.4, 0.5) is 0 Å². The average molecular weight is 165 g/mol. The zero-order chi connectivity index (χ0) is 9.40. The fraction of sp³-hybridized carbons (Fsp3) is 0.444. The smallest absolute Gasteiger partial charge is 0.0640 e. The van der Waals surface area contributed by atoms with Gasteiger partial charge in [0.05, 0.1) is 23.9 Å². The van der Waals surface area contributed by atoms with E-state index in [9.17, 15) is 0 Å². The molecule has 0 aromatic carbocycles. The fourth-order valence-corrected chi connectivity index (χ4v) is 0.779. The van der Waals surface area contributed by atoms with Crippen LogP contribution in [0.15, 0.2) is 23.5 Å². The van der Waals surface area contributed by atoms with E-state index in [4.69, 9.17) is 11.0 Å². The second-order valence-electron chi connectivity index (χ2n) is 2.28. The van der Waals surface area contributed by atoms with Crippen LogP contribution >= 0.6 is 0 Å². The Morgan fingerprint density at radius 3 is 2.58 bits per heavy atom. The number of nitrogens with zero attached hydrogens (tertiary/aromatic N) is 1. The molecule has 3 N–H and O–H groups in total. The van der Waals surface area contributed by atoms with Crippen LogP contribution in [0.25, 0.3) is 0 Å². The lowest BCUT2D eigenvalue weighted by atomic mass is 10.3. The zero-order valence-corrected chi connectivity index (χ0v) is 7.59. The molecule has 0 atom stereocenters. The van der Waals surface area contributed by atoms with E-state index < -0.39 is 0 Å². The van der Waals surface area contributed by atoms with Gasteiger partial charge in [0.2, 0.25) is 0 Å². The molecule has 0 amide bonds. The van der Waals surface area contributed by atoms with Crippen LogP contribution in [0, 0.1) is 11.3 Å². The Morgan fingerprint density at radius 2 is 2.17 bits per heavy atom. The maximum Gasteiger partial charge on any atom is 0.0640 e. The molecule has 3 heteroatoms. The topological polar surface area (TPSA) is 61.8 Å². The molecule has 0 aliphatic heterocycles. The van der Waals surface area contributed by atoms with E-state index in [0.29, 0.717) is 13.0 Å². The van der Waals surface area contributed by atoms with Crippen molar-refractivity contribution in [2.24, 2.45) is 5.73 Å². The van der Waals surface area contributed by atoms with Gasteiger partial charge in [-0.25, -0.2) is 0 Å². The molecule has 0 bridgehead atoms. The molecule has 0 unspecified atom stereocenters. The zero-order valence-electron chi connectivity index (χ0n) is 7.59. The standard InChI is InChI=1S/C9H15N3/c1-3-8(11)9(4-2)12-7-5-6-10/h3-4,12H,5,7,11H2,1-2H3/b8-3+,9-4+. The summed E-state index contributed by atoms with van der Waals surface area (Å²) in [7, 11) is 0. The average Bonchev–Trinajstić information content (AvgIpc) is 2.11. The normalized spacial score (nSPS) is 12.4.